The first-order valence-corrected chi connectivity index (χ1v) is 9.36. The van der Waals surface area contributed by atoms with Crippen molar-refractivity contribution in [1.82, 2.24) is 0 Å². The van der Waals surface area contributed by atoms with E-state index in [0.717, 1.165) is 48.1 Å². The summed E-state index contributed by atoms with van der Waals surface area (Å²) in [6, 6.07) is 7.67. The van der Waals surface area contributed by atoms with Crippen LogP contribution in [0.2, 0.25) is 0 Å². The van der Waals surface area contributed by atoms with Crippen molar-refractivity contribution in [2.24, 2.45) is 5.73 Å². The molecule has 0 saturated heterocycles. The predicted octanol–water partition coefficient (Wildman–Crippen LogP) is 3.31. The fraction of sp³-hybridized carbons (Fsp3) is 0.368. The molecule has 25 heavy (non-hydrogen) atoms. The zero-order valence-electron chi connectivity index (χ0n) is 14.3. The normalized spacial score (nSPS) is 13.2. The number of primary amides is 1. The van der Waals surface area contributed by atoms with Gasteiger partial charge in [0.15, 0.2) is 6.61 Å². The van der Waals surface area contributed by atoms with Crippen LogP contribution in [0.5, 0.6) is 5.75 Å². The number of fused-ring (bicyclic) bond motifs is 1. The third-order valence-corrected chi connectivity index (χ3v) is 5.55. The van der Waals surface area contributed by atoms with Crippen molar-refractivity contribution in [3.05, 3.63) is 45.8 Å². The minimum atomic E-state index is -0.480. The molecule has 6 heteroatoms. The second-order valence-corrected chi connectivity index (χ2v) is 7.22. The van der Waals surface area contributed by atoms with Crippen molar-refractivity contribution >= 4 is 28.2 Å². The van der Waals surface area contributed by atoms with E-state index in [1.807, 2.05) is 24.3 Å². The lowest BCUT2D eigenvalue weighted by Gasteiger charge is -2.11. The van der Waals surface area contributed by atoms with Gasteiger partial charge in [-0.25, -0.2) is 0 Å². The van der Waals surface area contributed by atoms with Crippen molar-refractivity contribution in [3.63, 3.8) is 0 Å². The smallest absolute Gasteiger partial charge is 0.262 e. The highest BCUT2D eigenvalue weighted by Crippen LogP contribution is 2.37. The molecule has 0 saturated carbocycles. The van der Waals surface area contributed by atoms with Crippen LogP contribution in [-0.2, 0) is 24.1 Å². The molecule has 1 aliphatic rings. The second kappa shape index (κ2) is 7.70. The molecule has 0 aliphatic heterocycles. The minimum absolute atomic E-state index is 0.103. The van der Waals surface area contributed by atoms with Gasteiger partial charge in [-0.05, 0) is 55.4 Å². The van der Waals surface area contributed by atoms with Gasteiger partial charge in [0.2, 0.25) is 0 Å². The number of anilines is 1. The van der Waals surface area contributed by atoms with E-state index in [4.69, 9.17) is 10.5 Å². The van der Waals surface area contributed by atoms with E-state index in [-0.39, 0.29) is 12.5 Å². The van der Waals surface area contributed by atoms with Gasteiger partial charge in [-0.2, -0.15) is 0 Å². The lowest BCUT2D eigenvalue weighted by Crippen LogP contribution is -2.22. The first kappa shape index (κ1) is 17.5. The number of aryl methyl sites for hydroxylation is 2. The molecule has 1 aromatic carbocycles. The Balaban J connectivity index is 1.68. The summed E-state index contributed by atoms with van der Waals surface area (Å²) in [5.74, 6) is -0.107. The van der Waals surface area contributed by atoms with Gasteiger partial charge in [0.05, 0.1) is 5.56 Å². The summed E-state index contributed by atoms with van der Waals surface area (Å²) in [4.78, 5) is 25.2. The highest BCUT2D eigenvalue weighted by Gasteiger charge is 2.24. The number of ether oxygens (including phenoxy) is 1. The number of carbonyl (C=O) groups is 2. The van der Waals surface area contributed by atoms with E-state index < -0.39 is 5.91 Å². The largest absolute Gasteiger partial charge is 0.484 e. The van der Waals surface area contributed by atoms with Crippen LogP contribution >= 0.6 is 11.3 Å². The Bertz CT molecular complexity index is 798. The van der Waals surface area contributed by atoms with Crippen LogP contribution in [0.1, 0.15) is 46.1 Å². The first-order chi connectivity index (χ1) is 12.1. The van der Waals surface area contributed by atoms with Crippen LogP contribution in [0.4, 0.5) is 5.00 Å². The molecule has 132 valence electrons. The maximum atomic E-state index is 12.2. The van der Waals surface area contributed by atoms with Gasteiger partial charge in [-0.1, -0.05) is 19.1 Å². The average molecular weight is 358 g/mol. The van der Waals surface area contributed by atoms with E-state index in [1.165, 1.54) is 11.3 Å². The van der Waals surface area contributed by atoms with Gasteiger partial charge in [0.1, 0.15) is 10.8 Å². The summed E-state index contributed by atoms with van der Waals surface area (Å²) in [6.45, 7) is 1.96. The molecular formula is C19H22N2O3S. The molecule has 0 atom stereocenters. The Kier molecular flexibility index (Phi) is 5.38. The summed E-state index contributed by atoms with van der Waals surface area (Å²) >= 11 is 1.46. The van der Waals surface area contributed by atoms with Crippen LogP contribution in [0.3, 0.4) is 0 Å². The van der Waals surface area contributed by atoms with E-state index in [2.05, 4.69) is 12.2 Å². The number of rotatable bonds is 6. The standard InChI is InChI=1S/C19H22N2O3S/c1-2-12-6-5-7-13(10-12)24-11-16(22)21-19-17(18(20)23)14-8-3-4-9-15(14)25-19/h5-7,10H,2-4,8-9,11H2,1H3,(H2,20,23)(H,21,22). The Morgan fingerprint density at radius 3 is 2.84 bits per heavy atom. The molecule has 3 rings (SSSR count). The predicted molar refractivity (Wildman–Crippen MR) is 99.4 cm³/mol. The first-order valence-electron chi connectivity index (χ1n) is 8.54. The fourth-order valence-electron chi connectivity index (χ4n) is 3.08. The average Bonchev–Trinajstić information content (AvgIpc) is 2.98. The molecule has 0 bridgehead atoms. The van der Waals surface area contributed by atoms with Crippen molar-refractivity contribution in [1.29, 1.82) is 0 Å². The monoisotopic (exact) mass is 358 g/mol. The molecule has 2 aromatic rings. The summed E-state index contributed by atoms with van der Waals surface area (Å²) in [6.07, 6.45) is 4.85. The number of carbonyl (C=O) groups excluding carboxylic acids is 2. The minimum Gasteiger partial charge on any atom is -0.484 e. The highest BCUT2D eigenvalue weighted by molar-refractivity contribution is 7.17. The maximum Gasteiger partial charge on any atom is 0.262 e. The molecule has 0 fully saturated rings. The summed E-state index contributed by atoms with van der Waals surface area (Å²) in [7, 11) is 0. The van der Waals surface area contributed by atoms with E-state index in [0.29, 0.717) is 16.3 Å². The summed E-state index contributed by atoms with van der Waals surface area (Å²) < 4.78 is 5.56. The number of hydrogen-bond donors (Lipinski definition) is 2. The molecule has 1 aromatic heterocycles. The Morgan fingerprint density at radius 1 is 1.28 bits per heavy atom. The van der Waals surface area contributed by atoms with Crippen LogP contribution in [0, 0.1) is 0 Å². The lowest BCUT2D eigenvalue weighted by molar-refractivity contribution is -0.118. The van der Waals surface area contributed by atoms with Gasteiger partial charge in [-0.15, -0.1) is 11.3 Å². The second-order valence-electron chi connectivity index (χ2n) is 6.12. The molecular weight excluding hydrogens is 336 g/mol. The number of benzene rings is 1. The Hall–Kier alpha value is -2.34. The van der Waals surface area contributed by atoms with Crippen molar-refractivity contribution in [2.75, 3.05) is 11.9 Å². The van der Waals surface area contributed by atoms with Crippen LogP contribution < -0.4 is 15.8 Å². The number of thiophene rings is 1. The molecule has 1 aliphatic carbocycles. The number of amides is 2. The molecule has 0 spiro atoms. The topological polar surface area (TPSA) is 81.4 Å². The third-order valence-electron chi connectivity index (χ3n) is 4.35. The van der Waals surface area contributed by atoms with Crippen molar-refractivity contribution in [3.8, 4) is 5.75 Å². The van der Waals surface area contributed by atoms with E-state index >= 15 is 0 Å². The lowest BCUT2D eigenvalue weighted by atomic mass is 9.95. The van der Waals surface area contributed by atoms with Crippen LogP contribution in [0.15, 0.2) is 24.3 Å². The van der Waals surface area contributed by atoms with Gasteiger partial charge < -0.3 is 15.8 Å². The molecule has 3 N–H and O–H groups in total. The van der Waals surface area contributed by atoms with E-state index in [1.54, 1.807) is 0 Å². The van der Waals surface area contributed by atoms with Gasteiger partial charge >= 0.3 is 0 Å². The summed E-state index contributed by atoms with van der Waals surface area (Å²) in [5.41, 5.74) is 8.18. The fourth-order valence-corrected chi connectivity index (χ4v) is 4.39. The van der Waals surface area contributed by atoms with Crippen molar-refractivity contribution in [2.45, 2.75) is 39.0 Å². The molecule has 1 heterocycles. The van der Waals surface area contributed by atoms with Gasteiger partial charge in [0.25, 0.3) is 11.8 Å². The zero-order valence-corrected chi connectivity index (χ0v) is 15.1. The number of hydrogen-bond acceptors (Lipinski definition) is 4. The van der Waals surface area contributed by atoms with E-state index in [9.17, 15) is 9.59 Å². The third kappa shape index (κ3) is 4.02. The Morgan fingerprint density at radius 2 is 2.08 bits per heavy atom. The Labute approximate surface area is 151 Å². The van der Waals surface area contributed by atoms with Crippen LogP contribution in [-0.4, -0.2) is 18.4 Å². The number of nitrogens with two attached hydrogens (primary N) is 1. The van der Waals surface area contributed by atoms with Gasteiger partial charge in [-0.3, -0.25) is 9.59 Å². The molecule has 0 radical (unpaired) electrons. The molecule has 2 amide bonds. The number of nitrogens with one attached hydrogen (secondary N) is 1. The molecule has 5 nitrogen and oxygen atoms in total. The van der Waals surface area contributed by atoms with Crippen molar-refractivity contribution < 1.29 is 14.3 Å². The highest BCUT2D eigenvalue weighted by atomic mass is 32.1. The summed E-state index contributed by atoms with van der Waals surface area (Å²) in [5, 5.41) is 3.35. The molecule has 0 unspecified atom stereocenters. The van der Waals surface area contributed by atoms with Crippen LogP contribution in [0.25, 0.3) is 0 Å². The quantitative estimate of drug-likeness (QED) is 0.831. The maximum absolute atomic E-state index is 12.2. The SMILES string of the molecule is CCc1cccc(OCC(=O)Nc2sc3c(c2C(N)=O)CCCC3)c1. The zero-order chi connectivity index (χ0) is 17.8. The van der Waals surface area contributed by atoms with Gasteiger partial charge in [0, 0.05) is 4.88 Å².